The van der Waals surface area contributed by atoms with Crippen molar-refractivity contribution in [1.29, 1.82) is 0 Å². The summed E-state index contributed by atoms with van der Waals surface area (Å²) in [6.45, 7) is 5.38. The molecule has 156 valence electrons. The number of benzene rings is 2. The van der Waals surface area contributed by atoms with Crippen LogP contribution in [-0.2, 0) is 21.2 Å². The molecule has 1 aliphatic rings. The van der Waals surface area contributed by atoms with E-state index < -0.39 is 10.0 Å². The van der Waals surface area contributed by atoms with E-state index in [1.165, 1.54) is 16.4 Å². The Labute approximate surface area is 179 Å². The maximum atomic E-state index is 12.5. The van der Waals surface area contributed by atoms with Gasteiger partial charge in [0.05, 0.1) is 11.3 Å². The van der Waals surface area contributed by atoms with Crippen LogP contribution < -0.4 is 14.8 Å². The van der Waals surface area contributed by atoms with Crippen molar-refractivity contribution >= 4 is 37.5 Å². The van der Waals surface area contributed by atoms with Gasteiger partial charge in [-0.05, 0) is 42.0 Å². The van der Waals surface area contributed by atoms with E-state index in [0.717, 1.165) is 10.0 Å². The van der Waals surface area contributed by atoms with Gasteiger partial charge in [-0.2, -0.15) is 4.31 Å². The van der Waals surface area contributed by atoms with Crippen LogP contribution in [0, 0.1) is 0 Å². The number of nitrogens with one attached hydrogen (secondary N) is 1. The van der Waals surface area contributed by atoms with E-state index in [0.29, 0.717) is 43.5 Å². The van der Waals surface area contributed by atoms with Gasteiger partial charge in [-0.25, -0.2) is 8.42 Å². The van der Waals surface area contributed by atoms with Crippen LogP contribution in [0.1, 0.15) is 19.4 Å². The summed E-state index contributed by atoms with van der Waals surface area (Å²) in [4.78, 5) is 12.7. The predicted octanol–water partition coefficient (Wildman–Crippen LogP) is 3.43. The fourth-order valence-corrected chi connectivity index (χ4v) is 4.96. The van der Waals surface area contributed by atoms with Crippen LogP contribution in [0.3, 0.4) is 0 Å². The summed E-state index contributed by atoms with van der Waals surface area (Å²) in [5.74, 6) is 1.05. The number of halogens is 1. The molecular formula is C20H23BrN2O5S. The molecule has 0 bridgehead atoms. The van der Waals surface area contributed by atoms with Crippen LogP contribution in [0.5, 0.6) is 11.5 Å². The molecule has 7 nitrogen and oxygen atoms in total. The van der Waals surface area contributed by atoms with Crippen LogP contribution in [0.4, 0.5) is 5.69 Å². The zero-order chi connectivity index (χ0) is 21.0. The normalized spacial score (nSPS) is 13.4. The third kappa shape index (κ3) is 4.91. The highest BCUT2D eigenvalue weighted by atomic mass is 79.9. The van der Waals surface area contributed by atoms with E-state index in [2.05, 4.69) is 21.2 Å². The molecule has 0 atom stereocenters. The molecule has 2 aromatic carbocycles. The number of amides is 1. The molecule has 0 aliphatic carbocycles. The number of rotatable bonds is 7. The van der Waals surface area contributed by atoms with Gasteiger partial charge >= 0.3 is 0 Å². The van der Waals surface area contributed by atoms with Gasteiger partial charge in [-0.1, -0.05) is 29.8 Å². The molecule has 0 spiro atoms. The number of sulfonamides is 1. The van der Waals surface area contributed by atoms with Gasteiger partial charge in [-0.15, -0.1) is 0 Å². The molecule has 1 amide bonds. The lowest BCUT2D eigenvalue weighted by molar-refractivity contribution is -0.115. The second kappa shape index (κ2) is 9.15. The Hall–Kier alpha value is -2.10. The Morgan fingerprint density at radius 1 is 1.07 bits per heavy atom. The van der Waals surface area contributed by atoms with E-state index in [1.807, 2.05) is 0 Å². The molecule has 0 saturated heterocycles. The molecule has 0 fully saturated rings. The van der Waals surface area contributed by atoms with E-state index >= 15 is 0 Å². The monoisotopic (exact) mass is 482 g/mol. The van der Waals surface area contributed by atoms with Crippen molar-refractivity contribution in [2.45, 2.75) is 25.2 Å². The smallest absolute Gasteiger partial charge is 0.243 e. The summed E-state index contributed by atoms with van der Waals surface area (Å²) in [5, 5.41) is 2.79. The Balaban J connectivity index is 1.69. The molecule has 2 aromatic rings. The Kier molecular flexibility index (Phi) is 6.81. The number of hydrogen-bond acceptors (Lipinski definition) is 5. The highest BCUT2D eigenvalue weighted by molar-refractivity contribution is 9.10. The number of nitrogens with zero attached hydrogens (tertiary/aromatic N) is 1. The minimum atomic E-state index is -3.52. The first-order chi connectivity index (χ1) is 13.8. The van der Waals surface area contributed by atoms with Crippen molar-refractivity contribution in [3.63, 3.8) is 0 Å². The van der Waals surface area contributed by atoms with Crippen LogP contribution in [0.15, 0.2) is 45.8 Å². The van der Waals surface area contributed by atoms with Crippen molar-refractivity contribution in [2.75, 3.05) is 31.6 Å². The second-order valence-corrected chi connectivity index (χ2v) is 9.22. The number of carbonyl (C=O) groups is 1. The maximum Gasteiger partial charge on any atom is 0.243 e. The van der Waals surface area contributed by atoms with Crippen molar-refractivity contribution in [3.05, 3.63) is 46.4 Å². The number of hydrogen-bond donors (Lipinski definition) is 1. The standard InChI is InChI=1S/C20H23BrN2O5S/c1-3-23(4-2)29(25,26)16-7-5-15(6-8-16)22-20(24)12-14-11-18-19(13-17(14)21)28-10-9-27-18/h5-8,11,13H,3-4,9-10,12H2,1-2H3,(H,22,24). The van der Waals surface area contributed by atoms with Crippen LogP contribution >= 0.6 is 15.9 Å². The number of ether oxygens (including phenoxy) is 2. The Bertz CT molecular complexity index is 989. The lowest BCUT2D eigenvalue weighted by Gasteiger charge is -2.20. The molecule has 0 saturated carbocycles. The van der Waals surface area contributed by atoms with Gasteiger partial charge in [0.25, 0.3) is 0 Å². The Morgan fingerprint density at radius 3 is 2.24 bits per heavy atom. The molecule has 9 heteroatoms. The van der Waals surface area contributed by atoms with E-state index in [-0.39, 0.29) is 17.2 Å². The minimum Gasteiger partial charge on any atom is -0.486 e. The van der Waals surface area contributed by atoms with Gasteiger partial charge in [-0.3, -0.25) is 4.79 Å². The fraction of sp³-hybridized carbons (Fsp3) is 0.350. The molecule has 3 rings (SSSR count). The van der Waals surface area contributed by atoms with Gasteiger partial charge in [0, 0.05) is 23.2 Å². The Morgan fingerprint density at radius 2 is 1.66 bits per heavy atom. The molecule has 29 heavy (non-hydrogen) atoms. The molecule has 1 N–H and O–H groups in total. The predicted molar refractivity (Wildman–Crippen MR) is 114 cm³/mol. The zero-order valence-corrected chi connectivity index (χ0v) is 18.7. The largest absolute Gasteiger partial charge is 0.486 e. The average Bonchev–Trinajstić information content (AvgIpc) is 2.69. The zero-order valence-electron chi connectivity index (χ0n) is 16.3. The summed E-state index contributed by atoms with van der Waals surface area (Å²) < 4.78 is 38.3. The molecule has 0 unspecified atom stereocenters. The summed E-state index contributed by atoms with van der Waals surface area (Å²) in [5.41, 5.74) is 1.30. The first kappa shape index (κ1) is 21.6. The fourth-order valence-electron chi connectivity index (χ4n) is 3.04. The minimum absolute atomic E-state index is 0.136. The van der Waals surface area contributed by atoms with Gasteiger partial charge in [0.2, 0.25) is 15.9 Å². The van der Waals surface area contributed by atoms with Gasteiger partial charge in [0.1, 0.15) is 13.2 Å². The average molecular weight is 483 g/mol. The topological polar surface area (TPSA) is 84.9 Å². The van der Waals surface area contributed by atoms with Crippen LogP contribution in [0.2, 0.25) is 0 Å². The summed E-state index contributed by atoms with van der Waals surface area (Å²) in [6, 6.07) is 9.77. The van der Waals surface area contributed by atoms with Gasteiger partial charge < -0.3 is 14.8 Å². The molecule has 1 aliphatic heterocycles. The summed E-state index contributed by atoms with van der Waals surface area (Å²) in [6.07, 6.45) is 0.136. The third-order valence-electron chi connectivity index (χ3n) is 4.54. The second-order valence-electron chi connectivity index (χ2n) is 6.43. The quantitative estimate of drug-likeness (QED) is 0.653. The SMILES string of the molecule is CCN(CC)S(=O)(=O)c1ccc(NC(=O)Cc2cc3c(cc2Br)OCCO3)cc1. The number of fused-ring (bicyclic) bond motifs is 1. The van der Waals surface area contributed by atoms with E-state index in [4.69, 9.17) is 9.47 Å². The third-order valence-corrected chi connectivity index (χ3v) is 7.35. The highest BCUT2D eigenvalue weighted by Gasteiger charge is 2.21. The van der Waals surface area contributed by atoms with E-state index in [9.17, 15) is 13.2 Å². The van der Waals surface area contributed by atoms with Gasteiger partial charge in [0.15, 0.2) is 11.5 Å². The van der Waals surface area contributed by atoms with Crippen molar-refractivity contribution in [1.82, 2.24) is 4.31 Å². The highest BCUT2D eigenvalue weighted by Crippen LogP contribution is 2.35. The van der Waals surface area contributed by atoms with Crippen LogP contribution in [-0.4, -0.2) is 44.9 Å². The maximum absolute atomic E-state index is 12.5. The summed E-state index contributed by atoms with van der Waals surface area (Å²) in [7, 11) is -3.52. The van der Waals surface area contributed by atoms with Crippen LogP contribution in [0.25, 0.3) is 0 Å². The lowest BCUT2D eigenvalue weighted by Crippen LogP contribution is -2.30. The first-order valence-corrected chi connectivity index (χ1v) is 11.6. The van der Waals surface area contributed by atoms with E-state index in [1.54, 1.807) is 38.1 Å². The lowest BCUT2D eigenvalue weighted by atomic mass is 10.1. The first-order valence-electron chi connectivity index (χ1n) is 9.33. The van der Waals surface area contributed by atoms with Crippen molar-refractivity contribution in [3.8, 4) is 11.5 Å². The molecule has 1 heterocycles. The number of carbonyl (C=O) groups excluding carboxylic acids is 1. The molecule has 0 aromatic heterocycles. The molecule has 0 radical (unpaired) electrons. The van der Waals surface area contributed by atoms with Crippen molar-refractivity contribution in [2.24, 2.45) is 0 Å². The van der Waals surface area contributed by atoms with Crippen molar-refractivity contribution < 1.29 is 22.7 Å². The molecular weight excluding hydrogens is 460 g/mol. The summed E-state index contributed by atoms with van der Waals surface area (Å²) >= 11 is 3.46. The number of anilines is 1.